The first-order chi connectivity index (χ1) is 37.7. The number of aromatic nitrogens is 1. The van der Waals surface area contributed by atoms with Gasteiger partial charge < -0.3 is 14.4 Å². The van der Waals surface area contributed by atoms with Crippen molar-refractivity contribution in [3.8, 4) is 61.3 Å². The summed E-state index contributed by atoms with van der Waals surface area (Å²) in [5.41, 5.74) is 25.8. The lowest BCUT2D eigenvalue weighted by Gasteiger charge is -2.44. The van der Waals surface area contributed by atoms with Crippen molar-refractivity contribution < 1.29 is 0 Å². The summed E-state index contributed by atoms with van der Waals surface area (Å²) in [4.78, 5) is 5.14. The molecule has 0 bridgehead atoms. The van der Waals surface area contributed by atoms with Gasteiger partial charge >= 0.3 is 0 Å². The lowest BCUT2D eigenvalue weighted by Crippen LogP contribution is -2.61. The van der Waals surface area contributed by atoms with Gasteiger partial charge in [-0.25, -0.2) is 0 Å². The van der Waals surface area contributed by atoms with E-state index in [-0.39, 0.29) is 6.71 Å². The number of hydrogen-bond acceptors (Lipinski definition) is 2. The highest BCUT2D eigenvalue weighted by Crippen LogP contribution is 2.49. The SMILES string of the molecule is c1ccc(-c2cc(-c3ccccc3)cc(N3c4ccccc4B4c5ccccc5N(c5cc(-c6ccccc6)cc(-c6ccccc6)c5)c5cc(-c6cccc7c8ccccc8n(-c8ccccc8)c67)cc3c54)c2)cc1. The largest absolute Gasteiger partial charge is 0.311 e. The summed E-state index contributed by atoms with van der Waals surface area (Å²) < 4.78 is 2.47. The Morgan fingerprint density at radius 3 is 1.12 bits per heavy atom. The van der Waals surface area contributed by atoms with E-state index in [1.54, 1.807) is 0 Å². The molecule has 2 aliphatic rings. The van der Waals surface area contributed by atoms with Crippen LogP contribution in [0.25, 0.3) is 83.1 Å². The highest BCUT2D eigenvalue weighted by atomic mass is 15.2. The third kappa shape index (κ3) is 7.14. The van der Waals surface area contributed by atoms with Gasteiger partial charge in [-0.1, -0.05) is 212 Å². The molecule has 13 aromatic rings. The lowest BCUT2D eigenvalue weighted by molar-refractivity contribution is 1.18. The van der Waals surface area contributed by atoms with Crippen LogP contribution in [0.2, 0.25) is 0 Å². The first kappa shape index (κ1) is 43.7. The Labute approximate surface area is 443 Å². The van der Waals surface area contributed by atoms with E-state index in [0.29, 0.717) is 0 Å². The molecule has 12 aromatic carbocycles. The van der Waals surface area contributed by atoms with Gasteiger partial charge in [0.2, 0.25) is 0 Å². The van der Waals surface area contributed by atoms with Crippen LogP contribution in [0.4, 0.5) is 34.1 Å². The van der Waals surface area contributed by atoms with Crippen molar-refractivity contribution in [2.45, 2.75) is 0 Å². The second-order valence-corrected chi connectivity index (χ2v) is 20.0. The van der Waals surface area contributed by atoms with Crippen molar-refractivity contribution in [2.75, 3.05) is 9.80 Å². The molecule has 0 radical (unpaired) electrons. The second-order valence-electron chi connectivity index (χ2n) is 20.0. The van der Waals surface area contributed by atoms with Gasteiger partial charge in [-0.2, -0.15) is 0 Å². The fourth-order valence-corrected chi connectivity index (χ4v) is 12.4. The Hall–Kier alpha value is -9.90. The van der Waals surface area contributed by atoms with E-state index >= 15 is 0 Å². The summed E-state index contributed by atoms with van der Waals surface area (Å²) in [5, 5.41) is 2.45. The van der Waals surface area contributed by atoms with Crippen molar-refractivity contribution >= 4 is 79.0 Å². The maximum absolute atomic E-state index is 2.57. The number of fused-ring (bicyclic) bond motifs is 7. The van der Waals surface area contributed by atoms with Crippen LogP contribution in [0.1, 0.15) is 0 Å². The molecule has 0 saturated heterocycles. The Morgan fingerprint density at radius 1 is 0.250 bits per heavy atom. The van der Waals surface area contributed by atoms with E-state index in [9.17, 15) is 0 Å². The fourth-order valence-electron chi connectivity index (χ4n) is 12.4. The summed E-state index contributed by atoms with van der Waals surface area (Å²) in [5.74, 6) is 0. The van der Waals surface area contributed by atoms with Gasteiger partial charge in [0.05, 0.1) is 11.0 Å². The third-order valence-corrected chi connectivity index (χ3v) is 15.7. The van der Waals surface area contributed by atoms with Crippen molar-refractivity contribution in [1.29, 1.82) is 0 Å². The average Bonchev–Trinajstić information content (AvgIpc) is 3.84. The first-order valence-electron chi connectivity index (χ1n) is 26.3. The molecule has 1 aromatic heterocycles. The molecule has 3 heterocycles. The molecule has 0 unspecified atom stereocenters. The zero-order valence-corrected chi connectivity index (χ0v) is 41.6. The highest BCUT2D eigenvalue weighted by Gasteiger charge is 2.44. The third-order valence-electron chi connectivity index (χ3n) is 15.7. The molecule has 354 valence electrons. The predicted octanol–water partition coefficient (Wildman–Crippen LogP) is 17.2. The smallest absolute Gasteiger partial charge is 0.252 e. The van der Waals surface area contributed by atoms with E-state index in [4.69, 9.17) is 0 Å². The summed E-state index contributed by atoms with van der Waals surface area (Å²) in [6.07, 6.45) is 0. The standard InChI is InChI=1S/C72H48BN3/c1-6-23-49(24-7-1)53-41-54(50-25-8-2-9-26-50)44-59(43-53)74-67-39-20-17-36-64(67)73-65-37-18-21-40-68(65)75(60-45-55(51-27-10-3-11-28-51)42-56(46-60)52-29-12-4-13-30-52)70-48-57(47-69(74)71(70)73)61-34-22-35-63-62-33-16-19-38-66(62)76(72(61)63)58-31-14-5-15-32-58/h1-48H. The molecule has 76 heavy (non-hydrogen) atoms. The van der Waals surface area contributed by atoms with Crippen molar-refractivity contribution in [3.05, 3.63) is 291 Å². The van der Waals surface area contributed by atoms with E-state index < -0.39 is 0 Å². The Balaban J connectivity index is 1.08. The van der Waals surface area contributed by atoms with Crippen LogP contribution in [0, 0.1) is 0 Å². The van der Waals surface area contributed by atoms with Gasteiger partial charge in [0.1, 0.15) is 0 Å². The van der Waals surface area contributed by atoms with Crippen molar-refractivity contribution in [1.82, 2.24) is 4.57 Å². The quantitative estimate of drug-likeness (QED) is 0.141. The zero-order valence-electron chi connectivity index (χ0n) is 41.6. The van der Waals surface area contributed by atoms with Crippen molar-refractivity contribution in [2.24, 2.45) is 0 Å². The molecule has 0 fully saturated rings. The van der Waals surface area contributed by atoms with Gasteiger partial charge in [-0.15, -0.1) is 0 Å². The Morgan fingerprint density at radius 2 is 0.645 bits per heavy atom. The second kappa shape index (κ2) is 17.9. The number of rotatable bonds is 8. The zero-order chi connectivity index (χ0) is 50.1. The van der Waals surface area contributed by atoms with Crippen LogP contribution in [0.15, 0.2) is 291 Å². The van der Waals surface area contributed by atoms with E-state index in [2.05, 4.69) is 306 Å². The minimum Gasteiger partial charge on any atom is -0.311 e. The number of nitrogens with zero attached hydrogens (tertiary/aromatic N) is 3. The van der Waals surface area contributed by atoms with Crippen molar-refractivity contribution in [3.63, 3.8) is 0 Å². The fraction of sp³-hybridized carbons (Fsp3) is 0. The lowest BCUT2D eigenvalue weighted by atomic mass is 9.33. The molecule has 0 spiro atoms. The van der Waals surface area contributed by atoms with Crippen LogP contribution < -0.4 is 26.2 Å². The highest BCUT2D eigenvalue weighted by molar-refractivity contribution is 7.00. The minimum atomic E-state index is -0.0534. The topological polar surface area (TPSA) is 11.4 Å². The maximum atomic E-state index is 2.57. The summed E-state index contributed by atoms with van der Waals surface area (Å²) >= 11 is 0. The first-order valence-corrected chi connectivity index (χ1v) is 26.3. The number of para-hydroxylation sites is 5. The van der Waals surface area contributed by atoms with E-state index in [1.807, 2.05) is 0 Å². The maximum Gasteiger partial charge on any atom is 0.252 e. The number of anilines is 6. The molecule has 0 N–H and O–H groups in total. The van der Waals surface area contributed by atoms with Crippen LogP contribution in [-0.4, -0.2) is 11.3 Å². The molecule has 4 heteroatoms. The van der Waals surface area contributed by atoms with Crippen LogP contribution in [-0.2, 0) is 0 Å². The molecular weight excluding hydrogens is 918 g/mol. The molecular formula is C72H48BN3. The van der Waals surface area contributed by atoms with Crippen LogP contribution in [0.3, 0.4) is 0 Å². The van der Waals surface area contributed by atoms with E-state index in [0.717, 1.165) is 61.8 Å². The van der Waals surface area contributed by atoms with Crippen LogP contribution >= 0.6 is 0 Å². The number of benzene rings is 12. The van der Waals surface area contributed by atoms with Gasteiger partial charge in [0, 0.05) is 56.1 Å². The molecule has 15 rings (SSSR count). The predicted molar refractivity (Wildman–Crippen MR) is 322 cm³/mol. The Bertz CT molecular complexity index is 4030. The molecule has 3 nitrogen and oxygen atoms in total. The monoisotopic (exact) mass is 965 g/mol. The summed E-state index contributed by atoms with van der Waals surface area (Å²) in [7, 11) is 0. The Kier molecular flexibility index (Phi) is 10.3. The molecule has 2 aliphatic heterocycles. The summed E-state index contributed by atoms with van der Waals surface area (Å²) in [6, 6.07) is 108. The molecule has 0 aliphatic carbocycles. The minimum absolute atomic E-state index is 0.0534. The number of hydrogen-bond donors (Lipinski definition) is 0. The molecule has 0 amide bonds. The average molecular weight is 966 g/mol. The molecule has 0 atom stereocenters. The van der Waals surface area contributed by atoms with Gasteiger partial charge in [-0.05, 0) is 145 Å². The van der Waals surface area contributed by atoms with Gasteiger partial charge in [0.15, 0.2) is 0 Å². The van der Waals surface area contributed by atoms with Crippen LogP contribution in [0.5, 0.6) is 0 Å². The molecule has 0 saturated carbocycles. The van der Waals surface area contributed by atoms with Gasteiger partial charge in [0.25, 0.3) is 6.71 Å². The van der Waals surface area contributed by atoms with Gasteiger partial charge in [-0.3, -0.25) is 0 Å². The normalized spacial score (nSPS) is 12.4. The summed E-state index contributed by atoms with van der Waals surface area (Å²) in [6.45, 7) is -0.0534. The van der Waals surface area contributed by atoms with E-state index in [1.165, 1.54) is 71.8 Å².